The predicted octanol–water partition coefficient (Wildman–Crippen LogP) is 2.44. The van der Waals surface area contributed by atoms with Crippen LogP contribution in [0.3, 0.4) is 0 Å². The van der Waals surface area contributed by atoms with Crippen LogP contribution in [0.1, 0.15) is 26.7 Å². The number of rotatable bonds is 6. The van der Waals surface area contributed by atoms with Gasteiger partial charge in [-0.3, -0.25) is 4.90 Å². The molecule has 2 heteroatoms. The minimum absolute atomic E-state index is 0.402. The van der Waals surface area contributed by atoms with E-state index in [0.29, 0.717) is 11.5 Å². The fourth-order valence-electron chi connectivity index (χ4n) is 2.43. The van der Waals surface area contributed by atoms with Crippen LogP contribution >= 0.6 is 0 Å². The zero-order valence-corrected chi connectivity index (χ0v) is 10.8. The summed E-state index contributed by atoms with van der Waals surface area (Å²) in [6, 6.07) is 0.584. The minimum Gasteiger partial charge on any atom is -0.312 e. The zero-order valence-electron chi connectivity index (χ0n) is 10.8. The summed E-state index contributed by atoms with van der Waals surface area (Å²) in [7, 11) is 0. The number of piperidine rings is 1. The summed E-state index contributed by atoms with van der Waals surface area (Å²) in [5, 5.41) is 3.65. The van der Waals surface area contributed by atoms with Crippen LogP contribution < -0.4 is 5.32 Å². The Balaban J connectivity index is 2.54. The Kier molecular flexibility index (Phi) is 5.23. The van der Waals surface area contributed by atoms with E-state index < -0.39 is 0 Å². The third-order valence-electron chi connectivity index (χ3n) is 3.55. The molecule has 16 heavy (non-hydrogen) atoms. The second kappa shape index (κ2) is 6.21. The molecule has 0 aromatic heterocycles. The molecule has 0 aromatic rings. The molecule has 1 atom stereocenters. The predicted molar refractivity (Wildman–Crippen MR) is 71.6 cm³/mol. The van der Waals surface area contributed by atoms with Crippen LogP contribution in [0.2, 0.25) is 0 Å². The molecule has 0 radical (unpaired) electrons. The first-order valence-corrected chi connectivity index (χ1v) is 6.27. The van der Waals surface area contributed by atoms with E-state index in [1.54, 1.807) is 0 Å². The Hall–Kier alpha value is -0.600. The molecule has 2 nitrogen and oxygen atoms in total. The highest BCUT2D eigenvalue weighted by Crippen LogP contribution is 2.30. The van der Waals surface area contributed by atoms with E-state index in [1.807, 2.05) is 12.2 Å². The fourth-order valence-corrected chi connectivity index (χ4v) is 2.43. The van der Waals surface area contributed by atoms with E-state index in [9.17, 15) is 0 Å². The Morgan fingerprint density at radius 3 is 2.44 bits per heavy atom. The van der Waals surface area contributed by atoms with Gasteiger partial charge in [-0.2, -0.15) is 0 Å². The van der Waals surface area contributed by atoms with Gasteiger partial charge in [0, 0.05) is 25.7 Å². The lowest BCUT2D eigenvalue weighted by atomic mass is 9.77. The molecule has 1 rings (SSSR count). The Morgan fingerprint density at radius 2 is 1.94 bits per heavy atom. The maximum absolute atomic E-state index is 3.82. The monoisotopic (exact) mass is 222 g/mol. The van der Waals surface area contributed by atoms with E-state index in [-0.39, 0.29) is 0 Å². The summed E-state index contributed by atoms with van der Waals surface area (Å²) in [5.74, 6) is 0. The number of hydrogen-bond donors (Lipinski definition) is 1. The second-order valence-electron chi connectivity index (χ2n) is 5.39. The molecule has 92 valence electrons. The first-order chi connectivity index (χ1) is 7.60. The van der Waals surface area contributed by atoms with Crippen LogP contribution in [-0.4, -0.2) is 37.1 Å². The van der Waals surface area contributed by atoms with Crippen LogP contribution in [-0.2, 0) is 0 Å². The van der Waals surface area contributed by atoms with Crippen LogP contribution in [0.4, 0.5) is 0 Å². The molecule has 0 amide bonds. The van der Waals surface area contributed by atoms with Gasteiger partial charge < -0.3 is 5.32 Å². The summed E-state index contributed by atoms with van der Waals surface area (Å²) in [5.41, 5.74) is 0.402. The third-order valence-corrected chi connectivity index (χ3v) is 3.55. The van der Waals surface area contributed by atoms with Crippen molar-refractivity contribution in [3.63, 3.8) is 0 Å². The summed E-state index contributed by atoms with van der Waals surface area (Å²) in [6.07, 6.45) is 6.56. The molecule has 0 spiro atoms. The average Bonchev–Trinajstić information content (AvgIpc) is 2.22. The number of nitrogens with zero attached hydrogens (tertiary/aromatic N) is 1. The van der Waals surface area contributed by atoms with Gasteiger partial charge >= 0.3 is 0 Å². The normalized spacial score (nSPS) is 24.3. The maximum Gasteiger partial charge on any atom is 0.0246 e. The standard InChI is InChI=1S/C14H26N2/c1-5-10-16(11-6-2)12-13-14(3,4)8-7-9-15-13/h5-6,13,15H,1-2,7-12H2,3-4H3. The topological polar surface area (TPSA) is 15.3 Å². The lowest BCUT2D eigenvalue weighted by molar-refractivity contribution is 0.137. The molecule has 1 aliphatic heterocycles. The van der Waals surface area contributed by atoms with Crippen molar-refractivity contribution < 1.29 is 0 Å². The zero-order chi connectivity index (χ0) is 12.0. The molecular formula is C14H26N2. The molecular weight excluding hydrogens is 196 g/mol. The van der Waals surface area contributed by atoms with Crippen LogP contribution in [0.15, 0.2) is 25.3 Å². The van der Waals surface area contributed by atoms with Crippen molar-refractivity contribution in [3.05, 3.63) is 25.3 Å². The van der Waals surface area contributed by atoms with Gasteiger partial charge in [-0.15, -0.1) is 13.2 Å². The highest BCUT2D eigenvalue weighted by molar-refractivity contribution is 4.92. The summed E-state index contributed by atoms with van der Waals surface area (Å²) < 4.78 is 0. The Bertz CT molecular complexity index is 223. The molecule has 1 fully saturated rings. The maximum atomic E-state index is 3.82. The molecule has 0 aromatic carbocycles. The SMILES string of the molecule is C=CCN(CC=C)CC1NCCCC1(C)C. The lowest BCUT2D eigenvalue weighted by Crippen LogP contribution is -2.52. The molecule has 1 aliphatic rings. The number of nitrogens with one attached hydrogen (secondary N) is 1. The van der Waals surface area contributed by atoms with Gasteiger partial charge in [-0.1, -0.05) is 26.0 Å². The third kappa shape index (κ3) is 3.76. The number of hydrogen-bond acceptors (Lipinski definition) is 2. The van der Waals surface area contributed by atoms with Crippen LogP contribution in [0.5, 0.6) is 0 Å². The summed E-state index contributed by atoms with van der Waals surface area (Å²) >= 11 is 0. The molecule has 1 unspecified atom stereocenters. The molecule has 0 bridgehead atoms. The first-order valence-electron chi connectivity index (χ1n) is 6.27. The van der Waals surface area contributed by atoms with Gasteiger partial charge in [0.1, 0.15) is 0 Å². The van der Waals surface area contributed by atoms with Crippen LogP contribution in [0, 0.1) is 5.41 Å². The van der Waals surface area contributed by atoms with E-state index in [2.05, 4.69) is 37.2 Å². The fraction of sp³-hybridized carbons (Fsp3) is 0.714. The highest BCUT2D eigenvalue weighted by atomic mass is 15.1. The average molecular weight is 222 g/mol. The van der Waals surface area contributed by atoms with Crippen molar-refractivity contribution in [1.29, 1.82) is 0 Å². The van der Waals surface area contributed by atoms with E-state index in [1.165, 1.54) is 12.8 Å². The molecule has 1 heterocycles. The van der Waals surface area contributed by atoms with Crippen molar-refractivity contribution >= 4 is 0 Å². The van der Waals surface area contributed by atoms with E-state index in [0.717, 1.165) is 26.2 Å². The quantitative estimate of drug-likeness (QED) is 0.694. The van der Waals surface area contributed by atoms with E-state index >= 15 is 0 Å². The Morgan fingerprint density at radius 1 is 1.31 bits per heavy atom. The smallest absolute Gasteiger partial charge is 0.0246 e. The largest absolute Gasteiger partial charge is 0.312 e. The summed E-state index contributed by atoms with van der Waals surface area (Å²) in [4.78, 5) is 2.39. The van der Waals surface area contributed by atoms with Gasteiger partial charge in [0.2, 0.25) is 0 Å². The van der Waals surface area contributed by atoms with Crippen molar-refractivity contribution in [3.8, 4) is 0 Å². The van der Waals surface area contributed by atoms with Gasteiger partial charge in [-0.25, -0.2) is 0 Å². The van der Waals surface area contributed by atoms with Gasteiger partial charge in [-0.05, 0) is 24.8 Å². The van der Waals surface area contributed by atoms with Crippen molar-refractivity contribution in [1.82, 2.24) is 10.2 Å². The minimum atomic E-state index is 0.402. The second-order valence-corrected chi connectivity index (χ2v) is 5.39. The van der Waals surface area contributed by atoms with Gasteiger partial charge in [0.05, 0.1) is 0 Å². The van der Waals surface area contributed by atoms with Crippen molar-refractivity contribution in [2.45, 2.75) is 32.7 Å². The molecule has 1 saturated heterocycles. The van der Waals surface area contributed by atoms with Crippen molar-refractivity contribution in [2.24, 2.45) is 5.41 Å². The highest BCUT2D eigenvalue weighted by Gasteiger charge is 2.32. The molecule has 1 N–H and O–H groups in total. The van der Waals surface area contributed by atoms with Crippen LogP contribution in [0.25, 0.3) is 0 Å². The lowest BCUT2D eigenvalue weighted by Gasteiger charge is -2.41. The van der Waals surface area contributed by atoms with Gasteiger partial charge in [0.25, 0.3) is 0 Å². The molecule has 0 aliphatic carbocycles. The first kappa shape index (κ1) is 13.5. The van der Waals surface area contributed by atoms with Crippen molar-refractivity contribution in [2.75, 3.05) is 26.2 Å². The molecule has 0 saturated carbocycles. The summed E-state index contributed by atoms with van der Waals surface area (Å²) in [6.45, 7) is 16.5. The van der Waals surface area contributed by atoms with E-state index in [4.69, 9.17) is 0 Å². The Labute approximate surface area is 100 Å². The van der Waals surface area contributed by atoms with Gasteiger partial charge in [0.15, 0.2) is 0 Å².